The molecule has 0 saturated heterocycles. The average Bonchev–Trinajstić information content (AvgIpc) is 3.21. The van der Waals surface area contributed by atoms with Crippen LogP contribution in [0.15, 0.2) is 0 Å². The Bertz CT molecular complexity index is 562. The fraction of sp³-hybridized carbons (Fsp3) is 0.600. The Morgan fingerprint density at radius 2 is 2.00 bits per heavy atom. The third-order valence-corrected chi connectivity index (χ3v) is 5.51. The summed E-state index contributed by atoms with van der Waals surface area (Å²) in [4.78, 5) is 24.5. The van der Waals surface area contributed by atoms with Crippen molar-refractivity contribution in [2.24, 2.45) is 5.41 Å². The first-order valence-corrected chi connectivity index (χ1v) is 8.21. The van der Waals surface area contributed by atoms with Crippen molar-refractivity contribution < 1.29 is 9.59 Å². The minimum Gasteiger partial charge on any atom is -0.397 e. The van der Waals surface area contributed by atoms with E-state index in [1.54, 1.807) is 14.0 Å². The molecule has 0 aromatic carbocycles. The van der Waals surface area contributed by atoms with Crippen molar-refractivity contribution in [1.82, 2.24) is 5.32 Å². The minimum absolute atomic E-state index is 0.0210. The zero-order valence-corrected chi connectivity index (χ0v) is 13.7. The molecule has 0 bridgehead atoms. The van der Waals surface area contributed by atoms with Crippen molar-refractivity contribution in [1.29, 1.82) is 0 Å². The Morgan fingerprint density at radius 3 is 2.48 bits per heavy atom. The van der Waals surface area contributed by atoms with Crippen molar-refractivity contribution in [2.75, 3.05) is 24.6 Å². The molecular formula is C15H23N3O2S. The fourth-order valence-corrected chi connectivity index (χ4v) is 3.51. The van der Waals surface area contributed by atoms with Crippen LogP contribution < -0.4 is 16.4 Å². The molecule has 0 aliphatic heterocycles. The minimum atomic E-state index is -0.247. The number of rotatable bonds is 7. The Labute approximate surface area is 129 Å². The van der Waals surface area contributed by atoms with Crippen LogP contribution in [0.5, 0.6) is 0 Å². The van der Waals surface area contributed by atoms with E-state index in [0.29, 0.717) is 33.0 Å². The summed E-state index contributed by atoms with van der Waals surface area (Å²) in [6.45, 7) is 4.81. The van der Waals surface area contributed by atoms with Crippen molar-refractivity contribution >= 4 is 33.7 Å². The Kier molecular flexibility index (Phi) is 4.56. The number of hydrogen-bond acceptors (Lipinski definition) is 5. The van der Waals surface area contributed by atoms with Crippen LogP contribution in [-0.2, 0) is 0 Å². The highest BCUT2D eigenvalue weighted by Gasteiger charge is 2.40. The summed E-state index contributed by atoms with van der Waals surface area (Å²) >= 11 is 1.29. The van der Waals surface area contributed by atoms with E-state index in [0.717, 1.165) is 13.0 Å². The summed E-state index contributed by atoms with van der Waals surface area (Å²) in [6, 6.07) is 0. The van der Waals surface area contributed by atoms with Gasteiger partial charge in [0, 0.05) is 20.0 Å². The van der Waals surface area contributed by atoms with Crippen LogP contribution in [0.4, 0.5) is 10.7 Å². The lowest BCUT2D eigenvalue weighted by Crippen LogP contribution is -2.21. The first-order chi connectivity index (χ1) is 9.98. The fourth-order valence-electron chi connectivity index (χ4n) is 2.39. The number of anilines is 2. The molecule has 1 aromatic rings. The SMILES string of the molecule is CCC(=O)c1sc(NCC2(CC)CC2)c(C(=O)NC)c1N. The summed E-state index contributed by atoms with van der Waals surface area (Å²) in [5, 5.41) is 6.66. The molecule has 0 radical (unpaired) electrons. The number of nitrogens with two attached hydrogens (primary N) is 1. The van der Waals surface area contributed by atoms with Gasteiger partial charge in [-0.1, -0.05) is 13.8 Å². The number of hydrogen-bond donors (Lipinski definition) is 3. The number of amides is 1. The van der Waals surface area contributed by atoms with Crippen LogP contribution in [0.25, 0.3) is 0 Å². The lowest BCUT2D eigenvalue weighted by molar-refractivity contribution is 0.0964. The molecule has 6 heteroatoms. The van der Waals surface area contributed by atoms with E-state index < -0.39 is 0 Å². The quantitative estimate of drug-likeness (QED) is 0.676. The Morgan fingerprint density at radius 1 is 1.33 bits per heavy atom. The molecule has 2 rings (SSSR count). The molecule has 0 spiro atoms. The number of ketones is 1. The van der Waals surface area contributed by atoms with Gasteiger partial charge >= 0.3 is 0 Å². The van der Waals surface area contributed by atoms with E-state index in [-0.39, 0.29) is 11.7 Å². The summed E-state index contributed by atoms with van der Waals surface area (Å²) in [5.74, 6) is -0.268. The van der Waals surface area contributed by atoms with E-state index in [9.17, 15) is 9.59 Å². The van der Waals surface area contributed by atoms with Gasteiger partial charge < -0.3 is 16.4 Å². The molecule has 1 aliphatic carbocycles. The third kappa shape index (κ3) is 3.05. The molecule has 1 aliphatic rings. The van der Waals surface area contributed by atoms with Gasteiger partial charge in [0.15, 0.2) is 5.78 Å². The summed E-state index contributed by atoms with van der Waals surface area (Å²) < 4.78 is 0. The standard InChI is InChI=1S/C15H23N3O2S/c1-4-9(19)12-11(16)10(13(20)17-3)14(21-12)18-8-15(5-2)6-7-15/h18H,4-8,16H2,1-3H3,(H,17,20). The highest BCUT2D eigenvalue weighted by Crippen LogP contribution is 2.49. The van der Waals surface area contributed by atoms with Gasteiger partial charge in [0.25, 0.3) is 5.91 Å². The lowest BCUT2D eigenvalue weighted by atomic mass is 10.0. The monoisotopic (exact) mass is 309 g/mol. The largest absolute Gasteiger partial charge is 0.397 e. The second-order valence-electron chi connectivity index (χ2n) is 5.61. The number of thiophene rings is 1. The van der Waals surface area contributed by atoms with Gasteiger partial charge in [-0.15, -0.1) is 11.3 Å². The average molecular weight is 309 g/mol. The highest BCUT2D eigenvalue weighted by atomic mass is 32.1. The van der Waals surface area contributed by atoms with E-state index >= 15 is 0 Å². The highest BCUT2D eigenvalue weighted by molar-refractivity contribution is 7.19. The predicted octanol–water partition coefficient (Wildman–Crippen LogP) is 2.88. The second kappa shape index (κ2) is 6.05. The van der Waals surface area contributed by atoms with E-state index in [2.05, 4.69) is 17.6 Å². The predicted molar refractivity (Wildman–Crippen MR) is 87.2 cm³/mol. The summed E-state index contributed by atoms with van der Waals surface area (Å²) in [5.41, 5.74) is 7.10. The van der Waals surface area contributed by atoms with Crippen molar-refractivity contribution in [3.05, 3.63) is 10.4 Å². The molecular weight excluding hydrogens is 286 g/mol. The molecule has 1 amide bonds. The smallest absolute Gasteiger partial charge is 0.256 e. The maximum atomic E-state index is 12.1. The van der Waals surface area contributed by atoms with Gasteiger partial charge in [-0.2, -0.15) is 0 Å². The van der Waals surface area contributed by atoms with Crippen molar-refractivity contribution in [2.45, 2.75) is 39.5 Å². The van der Waals surface area contributed by atoms with Gasteiger partial charge in [-0.05, 0) is 24.7 Å². The first kappa shape index (κ1) is 15.8. The third-order valence-electron chi connectivity index (χ3n) is 4.30. The van der Waals surface area contributed by atoms with Crippen LogP contribution >= 0.6 is 11.3 Å². The molecule has 1 aromatic heterocycles. The zero-order chi connectivity index (χ0) is 15.6. The molecule has 0 unspecified atom stereocenters. The molecule has 1 heterocycles. The number of Topliss-reactive ketones (excluding diaryl/α,β-unsaturated/α-hetero) is 1. The van der Waals surface area contributed by atoms with E-state index in [4.69, 9.17) is 5.73 Å². The molecule has 1 fully saturated rings. The molecule has 116 valence electrons. The number of nitrogens with one attached hydrogen (secondary N) is 2. The summed E-state index contributed by atoms with van der Waals surface area (Å²) in [6.07, 6.45) is 3.94. The number of carbonyl (C=O) groups is 2. The normalized spacial score (nSPS) is 15.6. The van der Waals surface area contributed by atoms with Gasteiger partial charge in [-0.25, -0.2) is 0 Å². The maximum absolute atomic E-state index is 12.1. The van der Waals surface area contributed by atoms with E-state index in [1.807, 2.05) is 0 Å². The Balaban J connectivity index is 2.29. The number of carbonyl (C=O) groups excluding carboxylic acids is 2. The first-order valence-electron chi connectivity index (χ1n) is 7.39. The Hall–Kier alpha value is -1.56. The number of nitrogen functional groups attached to an aromatic ring is 1. The van der Waals surface area contributed by atoms with Gasteiger partial charge in [0.2, 0.25) is 0 Å². The molecule has 5 nitrogen and oxygen atoms in total. The molecule has 4 N–H and O–H groups in total. The van der Waals surface area contributed by atoms with Gasteiger partial charge in [0.1, 0.15) is 5.00 Å². The molecule has 0 atom stereocenters. The lowest BCUT2D eigenvalue weighted by Gasteiger charge is -2.14. The van der Waals surface area contributed by atoms with E-state index in [1.165, 1.54) is 24.2 Å². The topological polar surface area (TPSA) is 84.2 Å². The van der Waals surface area contributed by atoms with Crippen LogP contribution in [-0.4, -0.2) is 25.3 Å². The van der Waals surface area contributed by atoms with Crippen molar-refractivity contribution in [3.8, 4) is 0 Å². The summed E-state index contributed by atoms with van der Waals surface area (Å²) in [7, 11) is 1.57. The maximum Gasteiger partial charge on any atom is 0.256 e. The van der Waals surface area contributed by atoms with Gasteiger partial charge in [-0.3, -0.25) is 9.59 Å². The zero-order valence-electron chi connectivity index (χ0n) is 12.8. The molecule has 1 saturated carbocycles. The van der Waals surface area contributed by atoms with Crippen molar-refractivity contribution in [3.63, 3.8) is 0 Å². The van der Waals surface area contributed by atoms with Crippen LogP contribution in [0.1, 0.15) is 59.6 Å². The molecule has 21 heavy (non-hydrogen) atoms. The second-order valence-corrected chi connectivity index (χ2v) is 6.63. The van der Waals surface area contributed by atoms with Crippen LogP contribution in [0.2, 0.25) is 0 Å². The van der Waals surface area contributed by atoms with Gasteiger partial charge in [0.05, 0.1) is 16.1 Å². The van der Waals surface area contributed by atoms with Crippen LogP contribution in [0.3, 0.4) is 0 Å². The van der Waals surface area contributed by atoms with Crippen LogP contribution in [0, 0.1) is 5.41 Å².